The van der Waals surface area contributed by atoms with Crippen LogP contribution in [0.3, 0.4) is 0 Å². The second-order valence-electron chi connectivity index (χ2n) is 2.46. The van der Waals surface area contributed by atoms with E-state index in [9.17, 15) is 13.2 Å². The highest BCUT2D eigenvalue weighted by atomic mass is 79.9. The van der Waals surface area contributed by atoms with Crippen molar-refractivity contribution in [3.63, 3.8) is 0 Å². The maximum Gasteiger partial charge on any atom is 0.482 e. The Balaban J connectivity index is 2.78. The van der Waals surface area contributed by atoms with Crippen molar-refractivity contribution in [2.24, 2.45) is 0 Å². The Labute approximate surface area is 82.1 Å². The standard InChI is InChI=1S/C8H7BrF3N/c9-5-6-2-1-3-7(4-6)13-8(10,11)12/h1-4,13H,5H2. The fraction of sp³-hybridized carbons (Fsp3) is 0.250. The van der Waals surface area contributed by atoms with Crippen LogP contribution >= 0.6 is 15.9 Å². The van der Waals surface area contributed by atoms with Crippen molar-refractivity contribution in [2.45, 2.75) is 11.6 Å². The molecular formula is C8H7BrF3N. The highest BCUT2D eigenvalue weighted by Crippen LogP contribution is 2.21. The van der Waals surface area contributed by atoms with Gasteiger partial charge >= 0.3 is 6.30 Å². The fourth-order valence-electron chi connectivity index (χ4n) is 0.896. The first-order chi connectivity index (χ1) is 6.01. The molecule has 1 aromatic rings. The zero-order valence-electron chi connectivity index (χ0n) is 6.53. The van der Waals surface area contributed by atoms with Gasteiger partial charge in [-0.15, -0.1) is 0 Å². The van der Waals surface area contributed by atoms with Crippen LogP contribution < -0.4 is 5.32 Å². The zero-order valence-corrected chi connectivity index (χ0v) is 8.11. The molecule has 1 N–H and O–H groups in total. The van der Waals surface area contributed by atoms with E-state index < -0.39 is 6.30 Å². The van der Waals surface area contributed by atoms with Gasteiger partial charge in [-0.2, -0.15) is 13.2 Å². The predicted octanol–water partition coefficient (Wildman–Crippen LogP) is 3.51. The minimum atomic E-state index is -4.37. The van der Waals surface area contributed by atoms with E-state index in [0.29, 0.717) is 5.33 Å². The summed E-state index contributed by atoms with van der Waals surface area (Å²) in [6.07, 6.45) is -4.37. The number of benzene rings is 1. The third kappa shape index (κ3) is 3.67. The van der Waals surface area contributed by atoms with Crippen molar-refractivity contribution in [3.05, 3.63) is 29.8 Å². The predicted molar refractivity (Wildman–Crippen MR) is 48.8 cm³/mol. The molecule has 13 heavy (non-hydrogen) atoms. The van der Waals surface area contributed by atoms with Crippen LogP contribution in [-0.2, 0) is 5.33 Å². The van der Waals surface area contributed by atoms with E-state index in [1.165, 1.54) is 17.4 Å². The van der Waals surface area contributed by atoms with E-state index in [0.717, 1.165) is 5.56 Å². The Hall–Kier alpha value is -0.710. The molecule has 1 aromatic carbocycles. The van der Waals surface area contributed by atoms with Crippen LogP contribution in [0.1, 0.15) is 5.56 Å². The van der Waals surface area contributed by atoms with Gasteiger partial charge in [-0.3, -0.25) is 5.32 Å². The minimum absolute atomic E-state index is 0.0597. The van der Waals surface area contributed by atoms with E-state index in [1.54, 1.807) is 12.1 Å². The topological polar surface area (TPSA) is 12.0 Å². The van der Waals surface area contributed by atoms with Crippen molar-refractivity contribution in [3.8, 4) is 0 Å². The van der Waals surface area contributed by atoms with Gasteiger partial charge in [0.15, 0.2) is 0 Å². The first-order valence-electron chi connectivity index (χ1n) is 3.51. The molecule has 1 nitrogen and oxygen atoms in total. The largest absolute Gasteiger partial charge is 0.482 e. The molecule has 0 bridgehead atoms. The number of nitrogens with one attached hydrogen (secondary N) is 1. The molecule has 0 aliphatic heterocycles. The molecule has 0 aromatic heterocycles. The second-order valence-corrected chi connectivity index (χ2v) is 3.02. The summed E-state index contributed by atoms with van der Waals surface area (Å²) in [5, 5.41) is 1.98. The SMILES string of the molecule is FC(F)(F)Nc1cccc(CBr)c1. The van der Waals surface area contributed by atoms with Gasteiger partial charge in [0.25, 0.3) is 0 Å². The molecule has 0 unspecified atom stereocenters. The molecule has 0 heterocycles. The minimum Gasteiger partial charge on any atom is -0.298 e. The molecular weight excluding hydrogens is 247 g/mol. The van der Waals surface area contributed by atoms with Gasteiger partial charge in [-0.25, -0.2) is 0 Å². The van der Waals surface area contributed by atoms with E-state index in [-0.39, 0.29) is 5.69 Å². The molecule has 0 atom stereocenters. The number of hydrogen-bond donors (Lipinski definition) is 1. The molecule has 1 rings (SSSR count). The summed E-state index contributed by atoms with van der Waals surface area (Å²) in [7, 11) is 0. The van der Waals surface area contributed by atoms with Crippen LogP contribution in [-0.4, -0.2) is 6.30 Å². The average Bonchev–Trinajstić information content (AvgIpc) is 2.01. The maximum absolute atomic E-state index is 11.9. The summed E-state index contributed by atoms with van der Waals surface area (Å²) in [6.45, 7) is 0. The highest BCUT2D eigenvalue weighted by Gasteiger charge is 2.26. The van der Waals surface area contributed by atoms with E-state index in [2.05, 4.69) is 15.9 Å². The molecule has 72 valence electrons. The lowest BCUT2D eigenvalue weighted by Gasteiger charge is -2.10. The summed E-state index contributed by atoms with van der Waals surface area (Å²) in [5.74, 6) is 0. The van der Waals surface area contributed by atoms with Crippen LogP contribution in [0.5, 0.6) is 0 Å². The monoisotopic (exact) mass is 253 g/mol. The number of halogens is 4. The second kappa shape index (κ2) is 4.00. The van der Waals surface area contributed by atoms with Crippen LogP contribution in [0.15, 0.2) is 24.3 Å². The molecule has 0 saturated heterocycles. The van der Waals surface area contributed by atoms with E-state index >= 15 is 0 Å². The summed E-state index contributed by atoms with van der Waals surface area (Å²) in [4.78, 5) is 0. The van der Waals surface area contributed by atoms with Gasteiger partial charge in [0.1, 0.15) is 0 Å². The summed E-state index contributed by atoms with van der Waals surface area (Å²) < 4.78 is 35.6. The molecule has 5 heteroatoms. The van der Waals surface area contributed by atoms with Crippen LogP contribution in [0.25, 0.3) is 0 Å². The fourth-order valence-corrected chi connectivity index (χ4v) is 1.24. The number of hydrogen-bond acceptors (Lipinski definition) is 1. The Morgan fingerprint density at radius 3 is 2.54 bits per heavy atom. The molecule has 0 saturated carbocycles. The molecule has 0 aliphatic rings. The van der Waals surface area contributed by atoms with Crippen molar-refractivity contribution in [2.75, 3.05) is 5.32 Å². The summed E-state index contributed by atoms with van der Waals surface area (Å²) in [6, 6.07) is 6.14. The van der Waals surface area contributed by atoms with Gasteiger partial charge in [0.2, 0.25) is 0 Å². The highest BCUT2D eigenvalue weighted by molar-refractivity contribution is 9.08. The van der Waals surface area contributed by atoms with Gasteiger partial charge in [-0.05, 0) is 17.7 Å². The lowest BCUT2D eigenvalue weighted by atomic mass is 10.2. The quantitative estimate of drug-likeness (QED) is 0.629. The van der Waals surface area contributed by atoms with E-state index in [1.807, 2.05) is 0 Å². The Bertz CT molecular complexity index is 285. The normalized spacial score (nSPS) is 11.4. The van der Waals surface area contributed by atoms with Crippen molar-refractivity contribution < 1.29 is 13.2 Å². The lowest BCUT2D eigenvalue weighted by Crippen LogP contribution is -2.20. The summed E-state index contributed by atoms with van der Waals surface area (Å²) in [5.41, 5.74) is 0.860. The molecule has 0 spiro atoms. The van der Waals surface area contributed by atoms with Crippen LogP contribution in [0.2, 0.25) is 0 Å². The van der Waals surface area contributed by atoms with Crippen LogP contribution in [0, 0.1) is 0 Å². The number of anilines is 1. The van der Waals surface area contributed by atoms with Crippen molar-refractivity contribution >= 4 is 21.6 Å². The smallest absolute Gasteiger partial charge is 0.298 e. The first kappa shape index (κ1) is 10.4. The van der Waals surface area contributed by atoms with E-state index in [4.69, 9.17) is 0 Å². The van der Waals surface area contributed by atoms with Gasteiger partial charge < -0.3 is 0 Å². The van der Waals surface area contributed by atoms with Crippen LogP contribution in [0.4, 0.5) is 18.9 Å². The third-order valence-corrected chi connectivity index (χ3v) is 2.01. The van der Waals surface area contributed by atoms with Gasteiger partial charge in [-0.1, -0.05) is 28.1 Å². The van der Waals surface area contributed by atoms with Gasteiger partial charge in [0, 0.05) is 11.0 Å². The van der Waals surface area contributed by atoms with Crippen molar-refractivity contribution in [1.29, 1.82) is 0 Å². The Kier molecular flexibility index (Phi) is 3.19. The molecule has 0 amide bonds. The van der Waals surface area contributed by atoms with Gasteiger partial charge in [0.05, 0.1) is 0 Å². The van der Waals surface area contributed by atoms with Crippen molar-refractivity contribution in [1.82, 2.24) is 0 Å². The third-order valence-electron chi connectivity index (χ3n) is 1.37. The Morgan fingerprint density at radius 2 is 2.00 bits per heavy atom. The molecule has 0 radical (unpaired) electrons. The lowest BCUT2D eigenvalue weighted by molar-refractivity contribution is -0.0999. The maximum atomic E-state index is 11.9. The molecule has 0 fully saturated rings. The number of alkyl halides is 4. The first-order valence-corrected chi connectivity index (χ1v) is 4.63. The zero-order chi connectivity index (χ0) is 9.90. The molecule has 0 aliphatic carbocycles. The summed E-state index contributed by atoms with van der Waals surface area (Å²) >= 11 is 3.16. The average molecular weight is 254 g/mol. The number of rotatable bonds is 2. The Morgan fingerprint density at radius 1 is 1.31 bits per heavy atom.